The van der Waals surface area contributed by atoms with Gasteiger partial charge in [0.1, 0.15) is 5.82 Å². The summed E-state index contributed by atoms with van der Waals surface area (Å²) in [6.07, 6.45) is 2.30. The van der Waals surface area contributed by atoms with Gasteiger partial charge in [0, 0.05) is 30.8 Å². The van der Waals surface area contributed by atoms with E-state index in [1.807, 2.05) is 0 Å². The molecule has 0 aromatic heterocycles. The molecule has 1 unspecified atom stereocenters. The lowest BCUT2D eigenvalue weighted by molar-refractivity contribution is 0.0162. The number of allylic oxidation sites excluding steroid dienone is 1. The molecular weight excluding hydrogens is 399 g/mol. The molecule has 2 aromatic rings. The van der Waals surface area contributed by atoms with Crippen LogP contribution in [-0.2, 0) is 11.2 Å². The lowest BCUT2D eigenvalue weighted by atomic mass is 10.0. The average molecular weight is 429 g/mol. The summed E-state index contributed by atoms with van der Waals surface area (Å²) in [5, 5.41) is 3.03. The van der Waals surface area contributed by atoms with E-state index in [0.29, 0.717) is 43.2 Å². The van der Waals surface area contributed by atoms with Crippen molar-refractivity contribution < 1.29 is 23.4 Å². The number of nitrogens with one attached hydrogen (secondary N) is 1. The predicted octanol–water partition coefficient (Wildman–Crippen LogP) is 3.37. The van der Waals surface area contributed by atoms with Gasteiger partial charge in [-0.2, -0.15) is 0 Å². The standard InChI is InChI=1S/C24H29FN2O4/c1-4-5-18-14-19(15-22(29-2)23(18)30-3)24(28)26-16-21(27-10-12-31-13-11-27)17-6-8-20(25)9-7-17/h4,6-9,14-15,21H,1,5,10-13,16H2,2-3H3,(H,26,28). The Labute approximate surface area is 182 Å². The highest BCUT2D eigenvalue weighted by Gasteiger charge is 2.24. The van der Waals surface area contributed by atoms with Gasteiger partial charge in [-0.3, -0.25) is 9.69 Å². The Kier molecular flexibility index (Phi) is 8.03. The van der Waals surface area contributed by atoms with E-state index >= 15 is 0 Å². The van der Waals surface area contributed by atoms with Crippen molar-refractivity contribution in [1.29, 1.82) is 0 Å². The molecule has 2 aromatic carbocycles. The van der Waals surface area contributed by atoms with E-state index in [9.17, 15) is 9.18 Å². The van der Waals surface area contributed by atoms with Crippen LogP contribution in [0.5, 0.6) is 11.5 Å². The zero-order valence-corrected chi connectivity index (χ0v) is 18.0. The van der Waals surface area contributed by atoms with Crippen LogP contribution in [-0.4, -0.2) is 57.9 Å². The van der Waals surface area contributed by atoms with Gasteiger partial charge < -0.3 is 19.5 Å². The summed E-state index contributed by atoms with van der Waals surface area (Å²) in [5.74, 6) is 0.590. The second kappa shape index (κ2) is 10.9. The molecule has 1 amide bonds. The monoisotopic (exact) mass is 428 g/mol. The van der Waals surface area contributed by atoms with Crippen molar-refractivity contribution in [3.05, 3.63) is 71.6 Å². The van der Waals surface area contributed by atoms with Crippen LogP contribution < -0.4 is 14.8 Å². The Hall–Kier alpha value is -2.90. The second-order valence-corrected chi connectivity index (χ2v) is 7.29. The maximum absolute atomic E-state index is 13.4. The van der Waals surface area contributed by atoms with E-state index in [2.05, 4.69) is 16.8 Å². The normalized spacial score (nSPS) is 15.2. The summed E-state index contributed by atoms with van der Waals surface area (Å²) in [6, 6.07) is 9.80. The van der Waals surface area contributed by atoms with Gasteiger partial charge in [0.05, 0.1) is 33.5 Å². The molecule has 0 aliphatic carbocycles. The molecule has 1 N–H and O–H groups in total. The molecule has 1 fully saturated rings. The van der Waals surface area contributed by atoms with Crippen molar-refractivity contribution in [2.75, 3.05) is 47.1 Å². The lowest BCUT2D eigenvalue weighted by Crippen LogP contribution is -2.43. The third kappa shape index (κ3) is 5.62. The Morgan fingerprint density at radius 1 is 1.23 bits per heavy atom. The molecule has 3 rings (SSSR count). The number of ether oxygens (including phenoxy) is 3. The van der Waals surface area contributed by atoms with Crippen molar-refractivity contribution in [1.82, 2.24) is 10.2 Å². The number of amides is 1. The van der Waals surface area contributed by atoms with Crippen LogP contribution in [0.1, 0.15) is 27.5 Å². The number of methoxy groups -OCH3 is 2. The SMILES string of the molecule is C=CCc1cc(C(=O)NCC(c2ccc(F)cc2)N2CCOCC2)cc(OC)c1OC. The summed E-state index contributed by atoms with van der Waals surface area (Å²) in [6.45, 7) is 6.92. The lowest BCUT2D eigenvalue weighted by Gasteiger charge is -2.35. The van der Waals surface area contributed by atoms with Crippen LogP contribution in [0, 0.1) is 5.82 Å². The molecule has 0 bridgehead atoms. The van der Waals surface area contributed by atoms with Crippen molar-refractivity contribution in [2.24, 2.45) is 0 Å². The Morgan fingerprint density at radius 2 is 1.94 bits per heavy atom. The van der Waals surface area contributed by atoms with Crippen molar-refractivity contribution in [2.45, 2.75) is 12.5 Å². The third-order valence-electron chi connectivity index (χ3n) is 5.38. The Morgan fingerprint density at radius 3 is 2.55 bits per heavy atom. The van der Waals surface area contributed by atoms with Crippen LogP contribution in [0.2, 0.25) is 0 Å². The summed E-state index contributed by atoms with van der Waals surface area (Å²) in [7, 11) is 3.11. The van der Waals surface area contributed by atoms with E-state index in [1.54, 1.807) is 44.6 Å². The average Bonchev–Trinajstić information content (AvgIpc) is 2.80. The van der Waals surface area contributed by atoms with Gasteiger partial charge in [-0.05, 0) is 36.2 Å². The maximum Gasteiger partial charge on any atom is 0.251 e. The first-order chi connectivity index (χ1) is 15.1. The number of hydrogen-bond donors (Lipinski definition) is 1. The Bertz CT molecular complexity index is 895. The molecule has 0 saturated carbocycles. The topological polar surface area (TPSA) is 60.0 Å². The number of hydrogen-bond acceptors (Lipinski definition) is 5. The highest BCUT2D eigenvalue weighted by Crippen LogP contribution is 2.33. The van der Waals surface area contributed by atoms with Crippen molar-refractivity contribution >= 4 is 5.91 Å². The predicted molar refractivity (Wildman–Crippen MR) is 117 cm³/mol. The fourth-order valence-corrected chi connectivity index (χ4v) is 3.80. The number of rotatable bonds is 9. The number of carbonyl (C=O) groups is 1. The number of halogens is 1. The first-order valence-corrected chi connectivity index (χ1v) is 10.3. The van der Waals surface area contributed by atoms with Gasteiger partial charge >= 0.3 is 0 Å². The highest BCUT2D eigenvalue weighted by molar-refractivity contribution is 5.95. The summed E-state index contributed by atoms with van der Waals surface area (Å²) >= 11 is 0. The maximum atomic E-state index is 13.4. The molecule has 1 atom stereocenters. The number of carbonyl (C=O) groups excluding carboxylic acids is 1. The highest BCUT2D eigenvalue weighted by atomic mass is 19.1. The zero-order valence-electron chi connectivity index (χ0n) is 18.0. The molecule has 7 heteroatoms. The first-order valence-electron chi connectivity index (χ1n) is 10.3. The van der Waals surface area contributed by atoms with Gasteiger partial charge in [0.25, 0.3) is 5.91 Å². The van der Waals surface area contributed by atoms with Gasteiger partial charge in [0.15, 0.2) is 11.5 Å². The van der Waals surface area contributed by atoms with Gasteiger partial charge in [-0.15, -0.1) is 6.58 Å². The third-order valence-corrected chi connectivity index (χ3v) is 5.38. The molecule has 1 saturated heterocycles. The van der Waals surface area contributed by atoms with Crippen molar-refractivity contribution in [3.63, 3.8) is 0 Å². The summed E-state index contributed by atoms with van der Waals surface area (Å²) in [4.78, 5) is 15.2. The number of benzene rings is 2. The van der Waals surface area contributed by atoms with Crippen LogP contribution >= 0.6 is 0 Å². The molecule has 1 aliphatic heterocycles. The van der Waals surface area contributed by atoms with E-state index in [4.69, 9.17) is 14.2 Å². The minimum absolute atomic E-state index is 0.0822. The van der Waals surface area contributed by atoms with E-state index in [0.717, 1.165) is 24.2 Å². The molecule has 0 radical (unpaired) electrons. The second-order valence-electron chi connectivity index (χ2n) is 7.29. The minimum Gasteiger partial charge on any atom is -0.493 e. The smallest absolute Gasteiger partial charge is 0.251 e. The number of morpholine rings is 1. The van der Waals surface area contributed by atoms with Gasteiger partial charge in [0.2, 0.25) is 0 Å². The molecule has 1 heterocycles. The van der Waals surface area contributed by atoms with E-state index < -0.39 is 0 Å². The quantitative estimate of drug-likeness (QED) is 0.621. The van der Waals surface area contributed by atoms with E-state index in [-0.39, 0.29) is 17.8 Å². The minimum atomic E-state index is -0.284. The molecule has 1 aliphatic rings. The first kappa shape index (κ1) is 22.8. The molecule has 166 valence electrons. The van der Waals surface area contributed by atoms with Gasteiger partial charge in [-0.1, -0.05) is 18.2 Å². The molecular formula is C24H29FN2O4. The fourth-order valence-electron chi connectivity index (χ4n) is 3.80. The molecule has 0 spiro atoms. The molecule has 31 heavy (non-hydrogen) atoms. The van der Waals surface area contributed by atoms with E-state index in [1.165, 1.54) is 12.1 Å². The molecule has 6 nitrogen and oxygen atoms in total. The van der Waals surface area contributed by atoms with Crippen molar-refractivity contribution in [3.8, 4) is 11.5 Å². The number of nitrogens with zero attached hydrogens (tertiary/aromatic N) is 1. The fraction of sp³-hybridized carbons (Fsp3) is 0.375. The summed E-state index contributed by atoms with van der Waals surface area (Å²) < 4.78 is 29.8. The zero-order chi connectivity index (χ0) is 22.2. The van der Waals surface area contributed by atoms with Crippen LogP contribution in [0.4, 0.5) is 4.39 Å². The summed E-state index contributed by atoms with van der Waals surface area (Å²) in [5.41, 5.74) is 2.25. The van der Waals surface area contributed by atoms with Crippen LogP contribution in [0.25, 0.3) is 0 Å². The largest absolute Gasteiger partial charge is 0.493 e. The van der Waals surface area contributed by atoms with Crippen LogP contribution in [0.15, 0.2) is 49.1 Å². The van der Waals surface area contributed by atoms with Crippen LogP contribution in [0.3, 0.4) is 0 Å². The van der Waals surface area contributed by atoms with Gasteiger partial charge in [-0.25, -0.2) is 4.39 Å². The Balaban J connectivity index is 1.81.